The third-order valence-electron chi connectivity index (χ3n) is 4.35. The van der Waals surface area contributed by atoms with Gasteiger partial charge in [-0.3, -0.25) is 4.79 Å². The lowest BCUT2D eigenvalue weighted by molar-refractivity contribution is -0.124. The maximum atomic E-state index is 12.0. The van der Waals surface area contributed by atoms with Crippen molar-refractivity contribution < 1.29 is 4.79 Å². The normalized spacial score (nSPS) is 15.7. The molecule has 1 amide bonds. The average Bonchev–Trinajstić information content (AvgIpc) is 2.56. The van der Waals surface area contributed by atoms with Gasteiger partial charge >= 0.3 is 0 Å². The van der Waals surface area contributed by atoms with Gasteiger partial charge in [-0.2, -0.15) is 0 Å². The smallest absolute Gasteiger partial charge is 0.230 e. The van der Waals surface area contributed by atoms with E-state index in [-0.39, 0.29) is 5.91 Å². The Morgan fingerprint density at radius 1 is 1.17 bits per heavy atom. The Morgan fingerprint density at radius 2 is 2.00 bits per heavy atom. The zero-order chi connectivity index (χ0) is 16.7. The van der Waals surface area contributed by atoms with Crippen LogP contribution in [0.2, 0.25) is 0 Å². The Morgan fingerprint density at radius 3 is 2.88 bits per heavy atom. The van der Waals surface area contributed by atoms with Gasteiger partial charge in [-0.05, 0) is 36.2 Å². The molecule has 5 nitrogen and oxygen atoms in total. The predicted octanol–water partition coefficient (Wildman–Crippen LogP) is 3.89. The largest absolute Gasteiger partial charge is 0.325 e. The first-order valence-electron chi connectivity index (χ1n) is 7.94. The van der Waals surface area contributed by atoms with Crippen LogP contribution in [0.1, 0.15) is 19.4 Å². The Balaban J connectivity index is 1.64. The lowest BCUT2D eigenvalue weighted by Crippen LogP contribution is -2.37. The first-order chi connectivity index (χ1) is 11.5. The van der Waals surface area contributed by atoms with Crippen LogP contribution in [0.25, 0.3) is 10.9 Å². The molecule has 4 rings (SSSR count). The number of amides is 1. The fourth-order valence-corrected chi connectivity index (χ4v) is 2.95. The van der Waals surface area contributed by atoms with Crippen LogP contribution in [0.5, 0.6) is 0 Å². The maximum Gasteiger partial charge on any atom is 0.230 e. The molecule has 0 saturated heterocycles. The maximum absolute atomic E-state index is 12.0. The van der Waals surface area contributed by atoms with E-state index in [1.807, 2.05) is 56.4 Å². The molecular weight excluding hydrogens is 300 g/mol. The van der Waals surface area contributed by atoms with E-state index in [0.29, 0.717) is 12.4 Å². The summed E-state index contributed by atoms with van der Waals surface area (Å²) < 4.78 is 0. The van der Waals surface area contributed by atoms with Crippen molar-refractivity contribution in [3.8, 4) is 0 Å². The third kappa shape index (κ3) is 2.58. The molecule has 5 heteroatoms. The number of benzene rings is 2. The summed E-state index contributed by atoms with van der Waals surface area (Å²) in [5, 5.41) is 7.23. The fraction of sp³-hybridized carbons (Fsp3) is 0.211. The molecule has 0 spiro atoms. The first kappa shape index (κ1) is 14.6. The molecule has 120 valence electrons. The van der Waals surface area contributed by atoms with Gasteiger partial charge in [0.1, 0.15) is 0 Å². The number of nitrogens with one attached hydrogen (secondary N) is 2. The summed E-state index contributed by atoms with van der Waals surface area (Å²) in [7, 11) is 0. The highest BCUT2D eigenvalue weighted by atomic mass is 16.2. The number of hydrogen-bond donors (Lipinski definition) is 2. The fourth-order valence-electron chi connectivity index (χ4n) is 2.95. The summed E-state index contributed by atoms with van der Waals surface area (Å²) in [6.45, 7) is 3.91. The zero-order valence-corrected chi connectivity index (χ0v) is 13.6. The van der Waals surface area contributed by atoms with Gasteiger partial charge in [0.15, 0.2) is 0 Å². The lowest BCUT2D eigenvalue weighted by atomic mass is 9.81. The molecule has 24 heavy (non-hydrogen) atoms. The van der Waals surface area contributed by atoms with Gasteiger partial charge in [0.25, 0.3) is 0 Å². The molecular formula is C19H18N4O. The lowest BCUT2D eigenvalue weighted by Gasteiger charge is -2.30. The molecule has 3 aromatic rings. The van der Waals surface area contributed by atoms with Crippen molar-refractivity contribution >= 4 is 34.1 Å². The van der Waals surface area contributed by atoms with Gasteiger partial charge in [0.2, 0.25) is 11.9 Å². The first-order valence-corrected chi connectivity index (χ1v) is 7.94. The van der Waals surface area contributed by atoms with E-state index in [2.05, 4.69) is 26.7 Å². The van der Waals surface area contributed by atoms with E-state index in [1.54, 1.807) is 0 Å². The number of para-hydroxylation sites is 1. The van der Waals surface area contributed by atoms with Crippen LogP contribution in [0, 0.1) is 5.41 Å². The molecule has 0 radical (unpaired) electrons. The summed E-state index contributed by atoms with van der Waals surface area (Å²) in [6, 6.07) is 13.8. The van der Waals surface area contributed by atoms with Crippen LogP contribution in [-0.4, -0.2) is 15.9 Å². The second-order valence-electron chi connectivity index (χ2n) is 6.76. The SMILES string of the molecule is CC1(C)Cc2cc(Nc3ncc4ccccc4n3)ccc2NC1=O. The summed E-state index contributed by atoms with van der Waals surface area (Å²) in [5.41, 5.74) is 3.41. The van der Waals surface area contributed by atoms with Gasteiger partial charge in [-0.25, -0.2) is 9.97 Å². The Kier molecular flexibility index (Phi) is 3.23. The van der Waals surface area contributed by atoms with E-state index >= 15 is 0 Å². The molecule has 2 heterocycles. The van der Waals surface area contributed by atoms with Gasteiger partial charge in [-0.1, -0.05) is 32.0 Å². The number of rotatable bonds is 2. The minimum absolute atomic E-state index is 0.0635. The number of hydrogen-bond acceptors (Lipinski definition) is 4. The Hall–Kier alpha value is -2.95. The highest BCUT2D eigenvalue weighted by Crippen LogP contribution is 2.34. The molecule has 1 aromatic heterocycles. The van der Waals surface area contributed by atoms with Crippen molar-refractivity contribution in [3.63, 3.8) is 0 Å². The van der Waals surface area contributed by atoms with E-state index in [1.165, 1.54) is 0 Å². The van der Waals surface area contributed by atoms with Gasteiger partial charge in [0.05, 0.1) is 5.52 Å². The van der Waals surface area contributed by atoms with Crippen molar-refractivity contribution in [1.29, 1.82) is 0 Å². The second-order valence-corrected chi connectivity index (χ2v) is 6.76. The molecule has 2 aromatic carbocycles. The molecule has 0 unspecified atom stereocenters. The van der Waals surface area contributed by atoms with Crippen LogP contribution >= 0.6 is 0 Å². The molecule has 2 N–H and O–H groups in total. The number of aromatic nitrogens is 2. The number of carbonyl (C=O) groups is 1. The topological polar surface area (TPSA) is 66.9 Å². The predicted molar refractivity (Wildman–Crippen MR) is 95.4 cm³/mol. The van der Waals surface area contributed by atoms with Crippen LogP contribution < -0.4 is 10.6 Å². The number of fused-ring (bicyclic) bond motifs is 2. The summed E-state index contributed by atoms with van der Waals surface area (Å²) in [4.78, 5) is 20.9. The van der Waals surface area contributed by atoms with Crippen LogP contribution in [0.3, 0.4) is 0 Å². The van der Waals surface area contributed by atoms with Crippen molar-refractivity contribution in [2.45, 2.75) is 20.3 Å². The summed E-state index contributed by atoms with van der Waals surface area (Å²) >= 11 is 0. The highest BCUT2D eigenvalue weighted by Gasteiger charge is 2.33. The highest BCUT2D eigenvalue weighted by molar-refractivity contribution is 5.98. The molecule has 0 atom stereocenters. The van der Waals surface area contributed by atoms with Crippen molar-refractivity contribution in [2.24, 2.45) is 5.41 Å². The van der Waals surface area contributed by atoms with E-state index in [0.717, 1.165) is 27.8 Å². The van der Waals surface area contributed by atoms with E-state index < -0.39 is 5.41 Å². The number of nitrogens with zero attached hydrogens (tertiary/aromatic N) is 2. The third-order valence-corrected chi connectivity index (χ3v) is 4.35. The van der Waals surface area contributed by atoms with Crippen LogP contribution in [-0.2, 0) is 11.2 Å². The van der Waals surface area contributed by atoms with E-state index in [9.17, 15) is 4.79 Å². The van der Waals surface area contributed by atoms with Crippen molar-refractivity contribution in [3.05, 3.63) is 54.2 Å². The molecule has 0 aliphatic carbocycles. The summed E-state index contributed by atoms with van der Waals surface area (Å²) in [6.07, 6.45) is 2.52. The number of carbonyl (C=O) groups excluding carboxylic acids is 1. The van der Waals surface area contributed by atoms with Crippen molar-refractivity contribution in [2.75, 3.05) is 10.6 Å². The van der Waals surface area contributed by atoms with E-state index in [4.69, 9.17) is 0 Å². The average molecular weight is 318 g/mol. The molecule has 0 fully saturated rings. The van der Waals surface area contributed by atoms with Crippen molar-refractivity contribution in [1.82, 2.24) is 9.97 Å². The summed E-state index contributed by atoms with van der Waals surface area (Å²) in [5.74, 6) is 0.626. The monoisotopic (exact) mass is 318 g/mol. The van der Waals surface area contributed by atoms with Gasteiger partial charge in [-0.15, -0.1) is 0 Å². The van der Waals surface area contributed by atoms with Gasteiger partial charge < -0.3 is 10.6 Å². The Bertz CT molecular complexity index is 949. The quantitative estimate of drug-likeness (QED) is 0.752. The minimum atomic E-state index is -0.398. The van der Waals surface area contributed by atoms with Crippen LogP contribution in [0.4, 0.5) is 17.3 Å². The molecule has 0 saturated carbocycles. The Labute approximate surface area is 140 Å². The second kappa shape index (κ2) is 5.30. The van der Waals surface area contributed by atoms with Crippen LogP contribution in [0.15, 0.2) is 48.7 Å². The molecule has 1 aliphatic rings. The van der Waals surface area contributed by atoms with Gasteiger partial charge in [0, 0.05) is 28.4 Å². The molecule has 1 aliphatic heterocycles. The zero-order valence-electron chi connectivity index (χ0n) is 13.6. The minimum Gasteiger partial charge on any atom is -0.325 e. The number of anilines is 3. The standard InChI is InChI=1S/C19H18N4O/c1-19(2)10-13-9-14(7-8-16(13)22-17(19)24)21-18-20-11-12-5-3-4-6-15(12)23-18/h3-9,11H,10H2,1-2H3,(H,22,24)(H,20,21,23). The molecule has 0 bridgehead atoms.